The van der Waals surface area contributed by atoms with Crippen molar-refractivity contribution in [3.63, 3.8) is 0 Å². The molecule has 0 aliphatic carbocycles. The Kier molecular flexibility index (Phi) is 5.77. The molecule has 2 N–H and O–H groups in total. The molecule has 0 spiro atoms. The fraction of sp³-hybridized carbons (Fsp3) is 0.318. The molecule has 2 aromatic rings. The maximum absolute atomic E-state index is 12.8. The fourth-order valence-electron chi connectivity index (χ4n) is 3.70. The van der Waals surface area contributed by atoms with Gasteiger partial charge in [-0.25, -0.2) is 4.90 Å². The Labute approximate surface area is 179 Å². The van der Waals surface area contributed by atoms with Gasteiger partial charge in [0.2, 0.25) is 12.7 Å². The number of benzene rings is 2. The van der Waals surface area contributed by atoms with Gasteiger partial charge in [0.15, 0.2) is 11.5 Å². The van der Waals surface area contributed by atoms with Crippen molar-refractivity contribution in [2.24, 2.45) is 0 Å². The first-order valence-electron chi connectivity index (χ1n) is 10.0. The van der Waals surface area contributed by atoms with Crippen LogP contribution < -0.4 is 20.1 Å². The largest absolute Gasteiger partial charge is 0.454 e. The molecule has 0 atom stereocenters. The number of fused-ring (bicyclic) bond motifs is 1. The number of hydrogen-bond donors (Lipinski definition) is 1. The maximum Gasteiger partial charge on any atom is 0.323 e. The minimum absolute atomic E-state index is 0.237. The van der Waals surface area contributed by atoms with Gasteiger partial charge in [0.1, 0.15) is 0 Å². The third kappa shape index (κ3) is 4.46. The van der Waals surface area contributed by atoms with Gasteiger partial charge >= 0.3 is 11.8 Å². The lowest BCUT2D eigenvalue weighted by molar-refractivity contribution is -0.146. The number of nitrogen functional groups attached to an aromatic ring is 1. The molecule has 0 radical (unpaired) electrons. The first-order chi connectivity index (χ1) is 14.9. The summed E-state index contributed by atoms with van der Waals surface area (Å²) in [6.45, 7) is 4.25. The highest BCUT2D eigenvalue weighted by atomic mass is 16.7. The summed E-state index contributed by atoms with van der Waals surface area (Å²) in [5, 5.41) is 0. The highest BCUT2D eigenvalue weighted by Crippen LogP contribution is 2.32. The quantitative estimate of drug-likeness (QED) is 0.583. The van der Waals surface area contributed by atoms with Crippen LogP contribution in [0.3, 0.4) is 0 Å². The zero-order valence-corrected chi connectivity index (χ0v) is 17.2. The number of nitrogens with zero attached hydrogens (tertiary/aromatic N) is 3. The van der Waals surface area contributed by atoms with E-state index in [1.807, 2.05) is 18.2 Å². The number of rotatable bonds is 3. The lowest BCUT2D eigenvalue weighted by Gasteiger charge is -2.35. The SMILES string of the molecule is CC(=O)N(C(=O)C(=O)N1CCN(Cc2ccc3c(c2)OCO3)CC1)c1ccc(N)cc1. The second-order valence-electron chi connectivity index (χ2n) is 7.51. The Morgan fingerprint density at radius 3 is 2.32 bits per heavy atom. The molecule has 2 aliphatic heterocycles. The van der Waals surface area contributed by atoms with Crippen LogP contribution >= 0.6 is 0 Å². The first kappa shape index (κ1) is 20.7. The van der Waals surface area contributed by atoms with Crippen molar-refractivity contribution >= 4 is 29.1 Å². The Hall–Kier alpha value is -3.59. The summed E-state index contributed by atoms with van der Waals surface area (Å²) in [5.41, 5.74) is 7.58. The number of anilines is 2. The highest BCUT2D eigenvalue weighted by molar-refractivity contribution is 6.45. The second-order valence-corrected chi connectivity index (χ2v) is 7.51. The molecule has 9 nitrogen and oxygen atoms in total. The number of hydrogen-bond acceptors (Lipinski definition) is 7. The van der Waals surface area contributed by atoms with Gasteiger partial charge in [-0.15, -0.1) is 0 Å². The summed E-state index contributed by atoms with van der Waals surface area (Å²) >= 11 is 0. The van der Waals surface area contributed by atoms with Crippen LogP contribution in [0.4, 0.5) is 11.4 Å². The molecular weight excluding hydrogens is 400 g/mol. The van der Waals surface area contributed by atoms with Crippen molar-refractivity contribution < 1.29 is 23.9 Å². The van der Waals surface area contributed by atoms with Crippen LogP contribution in [0.2, 0.25) is 0 Å². The standard InChI is InChI=1S/C22H24N4O5/c1-15(27)26(18-5-3-17(23)4-6-18)22(29)21(28)25-10-8-24(9-11-25)13-16-2-7-19-20(12-16)31-14-30-19/h2-7,12H,8-11,13-14,23H2,1H3. The molecule has 2 aliphatic rings. The molecule has 4 rings (SSSR count). The molecule has 1 saturated heterocycles. The van der Waals surface area contributed by atoms with Gasteiger partial charge in [-0.2, -0.15) is 0 Å². The maximum atomic E-state index is 12.8. The minimum atomic E-state index is -0.860. The molecule has 0 saturated carbocycles. The van der Waals surface area contributed by atoms with Gasteiger partial charge in [0.05, 0.1) is 5.69 Å². The third-order valence-corrected chi connectivity index (χ3v) is 5.35. The Morgan fingerprint density at radius 2 is 1.65 bits per heavy atom. The molecule has 162 valence electrons. The highest BCUT2D eigenvalue weighted by Gasteiger charge is 2.32. The average molecular weight is 424 g/mol. The van der Waals surface area contributed by atoms with Crippen molar-refractivity contribution in [3.8, 4) is 11.5 Å². The third-order valence-electron chi connectivity index (χ3n) is 5.35. The Balaban J connectivity index is 1.36. The van der Waals surface area contributed by atoms with E-state index in [0.29, 0.717) is 44.1 Å². The number of piperazine rings is 1. The molecular formula is C22H24N4O5. The van der Waals surface area contributed by atoms with Crippen LogP contribution in [0.25, 0.3) is 0 Å². The van der Waals surface area contributed by atoms with Crippen molar-refractivity contribution in [2.75, 3.05) is 43.6 Å². The number of ether oxygens (including phenoxy) is 2. The number of carbonyl (C=O) groups excluding carboxylic acids is 3. The molecule has 9 heteroatoms. The lowest BCUT2D eigenvalue weighted by atomic mass is 10.1. The van der Waals surface area contributed by atoms with Crippen molar-refractivity contribution in [1.82, 2.24) is 9.80 Å². The summed E-state index contributed by atoms with van der Waals surface area (Å²) in [6.07, 6.45) is 0. The first-order valence-corrected chi connectivity index (χ1v) is 10.0. The zero-order valence-electron chi connectivity index (χ0n) is 17.2. The van der Waals surface area contributed by atoms with Crippen LogP contribution in [0.5, 0.6) is 11.5 Å². The molecule has 1 fully saturated rings. The van der Waals surface area contributed by atoms with Gasteiger partial charge < -0.3 is 20.1 Å². The van der Waals surface area contributed by atoms with Crippen LogP contribution in [0, 0.1) is 0 Å². The van der Waals surface area contributed by atoms with Gasteiger partial charge in [0.25, 0.3) is 0 Å². The molecule has 0 unspecified atom stereocenters. The van der Waals surface area contributed by atoms with E-state index in [2.05, 4.69) is 4.90 Å². The van der Waals surface area contributed by atoms with Crippen LogP contribution in [0.1, 0.15) is 12.5 Å². The van der Waals surface area contributed by atoms with Gasteiger partial charge in [-0.05, 0) is 42.0 Å². The average Bonchev–Trinajstić information content (AvgIpc) is 3.23. The number of nitrogens with two attached hydrogens (primary N) is 1. The van der Waals surface area contributed by atoms with E-state index < -0.39 is 17.7 Å². The predicted molar refractivity (Wildman–Crippen MR) is 113 cm³/mol. The van der Waals surface area contributed by atoms with E-state index in [1.165, 1.54) is 11.8 Å². The lowest BCUT2D eigenvalue weighted by Crippen LogP contribution is -2.53. The number of amides is 3. The molecule has 0 aromatic heterocycles. The number of imide groups is 1. The van der Waals surface area contributed by atoms with E-state index in [-0.39, 0.29) is 6.79 Å². The van der Waals surface area contributed by atoms with Crippen LogP contribution in [-0.2, 0) is 20.9 Å². The smallest absolute Gasteiger partial charge is 0.323 e. The molecule has 3 amide bonds. The summed E-state index contributed by atoms with van der Waals surface area (Å²) in [4.78, 5) is 42.2. The van der Waals surface area contributed by atoms with Crippen molar-refractivity contribution in [3.05, 3.63) is 48.0 Å². The monoisotopic (exact) mass is 424 g/mol. The molecule has 2 heterocycles. The van der Waals surface area contributed by atoms with E-state index in [9.17, 15) is 14.4 Å². The van der Waals surface area contributed by atoms with Crippen molar-refractivity contribution in [1.29, 1.82) is 0 Å². The van der Waals surface area contributed by atoms with Gasteiger partial charge in [-0.1, -0.05) is 6.07 Å². The predicted octanol–water partition coefficient (Wildman–Crippen LogP) is 1.22. The summed E-state index contributed by atoms with van der Waals surface area (Å²) in [6, 6.07) is 12.1. The summed E-state index contributed by atoms with van der Waals surface area (Å²) in [5.74, 6) is -0.585. The Bertz CT molecular complexity index is 999. The van der Waals surface area contributed by atoms with Crippen LogP contribution in [0.15, 0.2) is 42.5 Å². The topological polar surface area (TPSA) is 105 Å². The molecule has 31 heavy (non-hydrogen) atoms. The van der Waals surface area contributed by atoms with Crippen LogP contribution in [-0.4, -0.2) is 60.5 Å². The van der Waals surface area contributed by atoms with E-state index in [4.69, 9.17) is 15.2 Å². The summed E-state index contributed by atoms with van der Waals surface area (Å²) < 4.78 is 10.8. The normalized spacial score (nSPS) is 15.6. The summed E-state index contributed by atoms with van der Waals surface area (Å²) in [7, 11) is 0. The zero-order chi connectivity index (χ0) is 22.0. The number of carbonyl (C=O) groups is 3. The minimum Gasteiger partial charge on any atom is -0.454 e. The van der Waals surface area contributed by atoms with Crippen molar-refractivity contribution in [2.45, 2.75) is 13.5 Å². The van der Waals surface area contributed by atoms with E-state index >= 15 is 0 Å². The molecule has 0 bridgehead atoms. The van der Waals surface area contributed by atoms with E-state index in [0.717, 1.165) is 22.0 Å². The van der Waals surface area contributed by atoms with Gasteiger partial charge in [-0.3, -0.25) is 19.3 Å². The van der Waals surface area contributed by atoms with E-state index in [1.54, 1.807) is 24.3 Å². The fourth-order valence-corrected chi connectivity index (χ4v) is 3.70. The van der Waals surface area contributed by atoms with Gasteiger partial charge in [0, 0.05) is 45.3 Å². The Morgan fingerprint density at radius 1 is 0.968 bits per heavy atom. The molecule has 2 aromatic carbocycles. The second kappa shape index (κ2) is 8.65.